The third-order valence-corrected chi connectivity index (χ3v) is 2.56. The van der Waals surface area contributed by atoms with Crippen LogP contribution in [0, 0.1) is 11.6 Å². The largest absolute Gasteiger partial charge is 0.493 e. The number of halogens is 3. The molecule has 0 fully saturated rings. The van der Waals surface area contributed by atoms with Crippen LogP contribution in [0.1, 0.15) is 5.56 Å². The minimum Gasteiger partial charge on any atom is -0.493 e. The molecule has 64 valence electrons. The normalized spacial score (nSPS) is 14.2. The van der Waals surface area contributed by atoms with E-state index in [2.05, 4.69) is 15.9 Å². The van der Waals surface area contributed by atoms with Crippen molar-refractivity contribution in [2.24, 2.45) is 0 Å². The fraction of sp³-hybridized carbons (Fsp3) is 0.250. The molecule has 0 atom stereocenters. The molecule has 0 saturated carbocycles. The number of ether oxygens (including phenoxy) is 1. The van der Waals surface area contributed by atoms with Gasteiger partial charge in [-0.1, -0.05) is 0 Å². The fourth-order valence-corrected chi connectivity index (χ4v) is 1.59. The molecule has 0 N–H and O–H groups in total. The van der Waals surface area contributed by atoms with Crippen LogP contribution in [0.15, 0.2) is 10.5 Å². The number of hydrogen-bond acceptors (Lipinski definition) is 1. The van der Waals surface area contributed by atoms with Gasteiger partial charge in [0.2, 0.25) is 0 Å². The summed E-state index contributed by atoms with van der Waals surface area (Å²) in [5.41, 5.74) is 0.461. The number of fused-ring (bicyclic) bond motifs is 1. The van der Waals surface area contributed by atoms with Gasteiger partial charge in [-0.2, -0.15) is 0 Å². The SMILES string of the molecule is Fc1cc2c(c(F)c1Br)CCO2. The van der Waals surface area contributed by atoms with E-state index in [-0.39, 0.29) is 4.47 Å². The van der Waals surface area contributed by atoms with Crippen LogP contribution in [0.5, 0.6) is 5.75 Å². The summed E-state index contributed by atoms with van der Waals surface area (Å²) >= 11 is 2.83. The van der Waals surface area contributed by atoms with E-state index in [9.17, 15) is 8.78 Å². The molecular formula is C8H5BrF2O. The van der Waals surface area contributed by atoms with Gasteiger partial charge in [0.25, 0.3) is 0 Å². The standard InChI is InChI=1S/C8H5BrF2O/c9-7-5(10)3-6-4(8(7)11)1-2-12-6/h3H,1-2H2. The Bertz CT molecular complexity index is 338. The van der Waals surface area contributed by atoms with Crippen LogP contribution in [0.4, 0.5) is 8.78 Å². The van der Waals surface area contributed by atoms with Crippen molar-refractivity contribution >= 4 is 15.9 Å². The Kier molecular flexibility index (Phi) is 1.79. The van der Waals surface area contributed by atoms with Crippen molar-refractivity contribution in [2.45, 2.75) is 6.42 Å². The quantitative estimate of drug-likeness (QED) is 0.628. The van der Waals surface area contributed by atoms with Gasteiger partial charge >= 0.3 is 0 Å². The molecule has 0 amide bonds. The van der Waals surface area contributed by atoms with E-state index in [1.165, 1.54) is 6.07 Å². The number of rotatable bonds is 0. The molecule has 0 aliphatic carbocycles. The van der Waals surface area contributed by atoms with Gasteiger partial charge in [0, 0.05) is 18.1 Å². The van der Waals surface area contributed by atoms with Crippen molar-refractivity contribution in [1.29, 1.82) is 0 Å². The van der Waals surface area contributed by atoms with Gasteiger partial charge in [0.15, 0.2) is 0 Å². The van der Waals surface area contributed by atoms with E-state index in [1.807, 2.05) is 0 Å². The molecular weight excluding hydrogens is 230 g/mol. The fourth-order valence-electron chi connectivity index (χ4n) is 1.24. The predicted octanol–water partition coefficient (Wildman–Crippen LogP) is 2.66. The van der Waals surface area contributed by atoms with Gasteiger partial charge in [-0.05, 0) is 15.9 Å². The van der Waals surface area contributed by atoms with Crippen molar-refractivity contribution in [3.8, 4) is 5.75 Å². The molecule has 4 heteroatoms. The van der Waals surface area contributed by atoms with E-state index >= 15 is 0 Å². The zero-order chi connectivity index (χ0) is 8.72. The molecule has 0 aromatic heterocycles. The molecule has 1 aromatic carbocycles. The van der Waals surface area contributed by atoms with Gasteiger partial charge in [-0.15, -0.1) is 0 Å². The summed E-state index contributed by atoms with van der Waals surface area (Å²) in [6.45, 7) is 0.433. The van der Waals surface area contributed by atoms with E-state index in [4.69, 9.17) is 4.74 Å². The predicted molar refractivity (Wildman–Crippen MR) is 43.3 cm³/mol. The molecule has 1 heterocycles. The Labute approximate surface area is 76.5 Å². The molecule has 0 spiro atoms. The lowest BCUT2D eigenvalue weighted by Gasteiger charge is -2.02. The van der Waals surface area contributed by atoms with Crippen LogP contribution >= 0.6 is 15.9 Å². The van der Waals surface area contributed by atoms with Crippen molar-refractivity contribution in [1.82, 2.24) is 0 Å². The lowest BCUT2D eigenvalue weighted by molar-refractivity contribution is 0.355. The highest BCUT2D eigenvalue weighted by atomic mass is 79.9. The van der Waals surface area contributed by atoms with Gasteiger partial charge < -0.3 is 4.74 Å². The van der Waals surface area contributed by atoms with Gasteiger partial charge in [-0.3, -0.25) is 0 Å². The maximum Gasteiger partial charge on any atom is 0.147 e. The first-order valence-electron chi connectivity index (χ1n) is 3.49. The third kappa shape index (κ3) is 1.02. The molecule has 0 bridgehead atoms. The highest BCUT2D eigenvalue weighted by Gasteiger charge is 2.21. The van der Waals surface area contributed by atoms with E-state index in [0.717, 1.165) is 0 Å². The summed E-state index contributed by atoms with van der Waals surface area (Å²) < 4.78 is 31.0. The molecule has 1 aromatic rings. The smallest absolute Gasteiger partial charge is 0.147 e. The maximum absolute atomic E-state index is 13.2. The summed E-state index contributed by atoms with van der Waals surface area (Å²) in [4.78, 5) is 0. The average Bonchev–Trinajstić information content (AvgIpc) is 2.48. The van der Waals surface area contributed by atoms with Crippen LogP contribution in [0.25, 0.3) is 0 Å². The van der Waals surface area contributed by atoms with E-state index in [1.54, 1.807) is 0 Å². The summed E-state index contributed by atoms with van der Waals surface area (Å²) in [6.07, 6.45) is 0.514. The van der Waals surface area contributed by atoms with Crippen molar-refractivity contribution in [3.63, 3.8) is 0 Å². The Morgan fingerprint density at radius 1 is 1.42 bits per heavy atom. The average molecular weight is 235 g/mol. The summed E-state index contributed by atoms with van der Waals surface area (Å²) in [7, 11) is 0. The Balaban J connectivity index is 2.67. The molecule has 1 aliphatic heterocycles. The van der Waals surface area contributed by atoms with Gasteiger partial charge in [0.05, 0.1) is 11.1 Å². The van der Waals surface area contributed by atoms with Crippen LogP contribution in [-0.4, -0.2) is 6.61 Å². The second kappa shape index (κ2) is 2.69. The van der Waals surface area contributed by atoms with Crippen molar-refractivity contribution < 1.29 is 13.5 Å². The minimum atomic E-state index is -0.617. The van der Waals surface area contributed by atoms with Crippen molar-refractivity contribution in [3.05, 3.63) is 27.7 Å². The molecule has 2 rings (SSSR count). The Hall–Kier alpha value is -0.640. The van der Waals surface area contributed by atoms with Crippen LogP contribution in [0.3, 0.4) is 0 Å². The van der Waals surface area contributed by atoms with Crippen LogP contribution in [0.2, 0.25) is 0 Å². The summed E-state index contributed by atoms with van der Waals surface area (Å²) in [5.74, 6) is -0.830. The molecule has 0 unspecified atom stereocenters. The molecule has 12 heavy (non-hydrogen) atoms. The Morgan fingerprint density at radius 3 is 2.92 bits per heavy atom. The van der Waals surface area contributed by atoms with Gasteiger partial charge in [-0.25, -0.2) is 8.78 Å². The summed E-state index contributed by atoms with van der Waals surface area (Å²) in [5, 5.41) is 0. The highest BCUT2D eigenvalue weighted by molar-refractivity contribution is 9.10. The topological polar surface area (TPSA) is 9.23 Å². The first kappa shape index (κ1) is 7.98. The lowest BCUT2D eigenvalue weighted by Crippen LogP contribution is -1.90. The molecule has 1 aliphatic rings. The number of hydrogen-bond donors (Lipinski definition) is 0. The molecule has 1 nitrogen and oxygen atoms in total. The minimum absolute atomic E-state index is 0.105. The zero-order valence-corrected chi connectivity index (χ0v) is 7.62. The first-order valence-corrected chi connectivity index (χ1v) is 4.28. The van der Waals surface area contributed by atoms with Crippen LogP contribution < -0.4 is 4.74 Å². The zero-order valence-electron chi connectivity index (χ0n) is 6.03. The second-order valence-electron chi connectivity index (χ2n) is 2.56. The van der Waals surface area contributed by atoms with Crippen molar-refractivity contribution in [2.75, 3.05) is 6.61 Å². The second-order valence-corrected chi connectivity index (χ2v) is 3.35. The summed E-state index contributed by atoms with van der Waals surface area (Å²) in [6, 6.07) is 1.20. The van der Waals surface area contributed by atoms with E-state index in [0.29, 0.717) is 24.3 Å². The van der Waals surface area contributed by atoms with Gasteiger partial charge in [0.1, 0.15) is 17.4 Å². The molecule has 0 radical (unpaired) electrons. The Morgan fingerprint density at radius 2 is 2.17 bits per heavy atom. The number of benzene rings is 1. The third-order valence-electron chi connectivity index (χ3n) is 1.83. The molecule has 0 saturated heterocycles. The maximum atomic E-state index is 13.2. The first-order chi connectivity index (χ1) is 5.70. The lowest BCUT2D eigenvalue weighted by atomic mass is 10.1. The monoisotopic (exact) mass is 234 g/mol. The highest BCUT2D eigenvalue weighted by Crippen LogP contribution is 2.33. The van der Waals surface area contributed by atoms with E-state index < -0.39 is 11.6 Å². The van der Waals surface area contributed by atoms with Crippen LogP contribution in [-0.2, 0) is 6.42 Å².